The second-order valence-corrected chi connectivity index (χ2v) is 5.59. The van der Waals surface area contributed by atoms with Crippen LogP contribution in [0.3, 0.4) is 0 Å². The van der Waals surface area contributed by atoms with Gasteiger partial charge in [0.25, 0.3) is 0 Å². The van der Waals surface area contributed by atoms with Gasteiger partial charge in [0.2, 0.25) is 10.0 Å². The first-order valence-corrected chi connectivity index (χ1v) is 6.54. The molecule has 8 heteroatoms. The van der Waals surface area contributed by atoms with Crippen LogP contribution in [0.25, 0.3) is 0 Å². The van der Waals surface area contributed by atoms with Crippen molar-refractivity contribution in [1.82, 2.24) is 0 Å². The van der Waals surface area contributed by atoms with E-state index in [1.807, 2.05) is 0 Å². The van der Waals surface area contributed by atoms with Crippen molar-refractivity contribution < 1.29 is 28.2 Å². The molecule has 0 aliphatic rings. The Morgan fingerprint density at radius 2 is 1.72 bits per heavy atom. The van der Waals surface area contributed by atoms with Gasteiger partial charge in [-0.15, -0.1) is 0 Å². The van der Waals surface area contributed by atoms with E-state index < -0.39 is 22.0 Å². The molecule has 0 heterocycles. The summed E-state index contributed by atoms with van der Waals surface area (Å²) in [5.74, 6) is -2.60. The average molecular weight is 273 g/mol. The Hall–Kier alpha value is -2.09. The largest absolute Gasteiger partial charge is 0.478 e. The Labute approximate surface area is 103 Å². The van der Waals surface area contributed by atoms with Crippen molar-refractivity contribution in [3.8, 4) is 0 Å². The van der Waals surface area contributed by atoms with Crippen molar-refractivity contribution in [2.75, 3.05) is 17.6 Å². The molecule has 0 amide bonds. The van der Waals surface area contributed by atoms with Gasteiger partial charge < -0.3 is 10.2 Å². The van der Waals surface area contributed by atoms with Crippen LogP contribution in [0.15, 0.2) is 18.2 Å². The quantitative estimate of drug-likeness (QED) is 0.825. The zero-order valence-corrected chi connectivity index (χ0v) is 10.4. The summed E-state index contributed by atoms with van der Waals surface area (Å²) in [6, 6.07) is 3.17. The van der Waals surface area contributed by atoms with Gasteiger partial charge in [0, 0.05) is 7.05 Å². The minimum absolute atomic E-state index is 0.189. The molecule has 98 valence electrons. The van der Waals surface area contributed by atoms with Crippen molar-refractivity contribution in [3.05, 3.63) is 29.3 Å². The van der Waals surface area contributed by atoms with Crippen LogP contribution in [-0.4, -0.2) is 43.9 Å². The van der Waals surface area contributed by atoms with E-state index in [2.05, 4.69) is 0 Å². The van der Waals surface area contributed by atoms with Crippen LogP contribution in [0.4, 0.5) is 5.69 Å². The second-order valence-electron chi connectivity index (χ2n) is 3.57. The van der Waals surface area contributed by atoms with Crippen LogP contribution >= 0.6 is 0 Å². The molecule has 0 aliphatic heterocycles. The maximum Gasteiger partial charge on any atom is 0.337 e. The number of aromatic carboxylic acids is 2. The summed E-state index contributed by atoms with van der Waals surface area (Å²) in [6.45, 7) is 0. The van der Waals surface area contributed by atoms with E-state index >= 15 is 0 Å². The Bertz CT molecular complexity index is 607. The third kappa shape index (κ3) is 2.77. The van der Waals surface area contributed by atoms with Gasteiger partial charge in [-0.1, -0.05) is 0 Å². The molecule has 1 aromatic rings. The van der Waals surface area contributed by atoms with Crippen LogP contribution in [0.1, 0.15) is 20.7 Å². The number of benzene rings is 1. The molecule has 0 spiro atoms. The van der Waals surface area contributed by atoms with Crippen LogP contribution in [0.5, 0.6) is 0 Å². The van der Waals surface area contributed by atoms with Crippen molar-refractivity contribution >= 4 is 27.6 Å². The second kappa shape index (κ2) is 4.65. The van der Waals surface area contributed by atoms with Crippen molar-refractivity contribution in [2.24, 2.45) is 0 Å². The number of carboxylic acids is 2. The minimum atomic E-state index is -3.68. The van der Waals surface area contributed by atoms with Crippen molar-refractivity contribution in [3.63, 3.8) is 0 Å². The number of anilines is 1. The molecule has 0 aliphatic carbocycles. The van der Waals surface area contributed by atoms with E-state index in [9.17, 15) is 18.0 Å². The number of carbonyl (C=O) groups is 2. The highest BCUT2D eigenvalue weighted by atomic mass is 32.2. The molecule has 7 nitrogen and oxygen atoms in total. The summed E-state index contributed by atoms with van der Waals surface area (Å²) in [6.07, 6.45) is 0.895. The predicted octanol–water partition coefficient (Wildman–Crippen LogP) is 0.479. The fraction of sp³-hybridized carbons (Fsp3) is 0.200. The number of hydrogen-bond acceptors (Lipinski definition) is 4. The van der Waals surface area contributed by atoms with Gasteiger partial charge in [-0.25, -0.2) is 18.0 Å². The summed E-state index contributed by atoms with van der Waals surface area (Å²) in [4.78, 5) is 21.8. The lowest BCUT2D eigenvalue weighted by Gasteiger charge is -2.19. The molecule has 0 radical (unpaired) electrons. The molecule has 2 N–H and O–H groups in total. The van der Waals surface area contributed by atoms with Gasteiger partial charge >= 0.3 is 11.9 Å². The topological polar surface area (TPSA) is 112 Å². The van der Waals surface area contributed by atoms with Crippen molar-refractivity contribution in [1.29, 1.82) is 0 Å². The lowest BCUT2D eigenvalue weighted by atomic mass is 10.1. The van der Waals surface area contributed by atoms with Gasteiger partial charge in [0.05, 0.1) is 23.1 Å². The van der Waals surface area contributed by atoms with Gasteiger partial charge in [-0.3, -0.25) is 4.31 Å². The Morgan fingerprint density at radius 1 is 1.17 bits per heavy atom. The zero-order chi connectivity index (χ0) is 14.1. The number of nitrogens with zero attached hydrogens (tertiary/aromatic N) is 1. The highest BCUT2D eigenvalue weighted by molar-refractivity contribution is 7.92. The van der Waals surface area contributed by atoms with Gasteiger partial charge in [-0.2, -0.15) is 0 Å². The van der Waals surface area contributed by atoms with Crippen LogP contribution in [0, 0.1) is 0 Å². The molecule has 1 aromatic carbocycles. The maximum absolute atomic E-state index is 11.4. The van der Waals surface area contributed by atoms with Gasteiger partial charge in [-0.05, 0) is 18.2 Å². The SMILES string of the molecule is CN(c1cc(C(=O)O)ccc1C(=O)O)S(C)(=O)=O. The standard InChI is InChI=1S/C10H11NO6S/c1-11(18(2,16)17)8-5-6(9(12)13)3-4-7(8)10(14)15/h3-5H,1-2H3,(H,12,13)(H,14,15). The van der Waals surface area contributed by atoms with Gasteiger partial charge in [0.1, 0.15) is 0 Å². The fourth-order valence-corrected chi connectivity index (χ4v) is 1.79. The normalized spacial score (nSPS) is 11.0. The molecule has 18 heavy (non-hydrogen) atoms. The molecule has 0 bridgehead atoms. The molecule has 0 unspecified atom stereocenters. The van der Waals surface area contributed by atoms with Gasteiger partial charge in [0.15, 0.2) is 0 Å². The Balaban J connectivity index is 3.51. The number of sulfonamides is 1. The molecule has 0 fully saturated rings. The van der Waals surface area contributed by atoms with E-state index in [0.717, 1.165) is 35.8 Å². The highest BCUT2D eigenvalue weighted by Crippen LogP contribution is 2.23. The number of hydrogen-bond donors (Lipinski definition) is 2. The van der Waals surface area contributed by atoms with E-state index in [-0.39, 0.29) is 16.8 Å². The first kappa shape index (κ1) is 14.0. The third-order valence-electron chi connectivity index (χ3n) is 2.31. The summed E-state index contributed by atoms with van der Waals surface area (Å²) in [7, 11) is -2.52. The highest BCUT2D eigenvalue weighted by Gasteiger charge is 2.21. The lowest BCUT2D eigenvalue weighted by molar-refractivity contribution is 0.0682. The summed E-state index contributed by atoms with van der Waals surface area (Å²) in [5, 5.41) is 17.7. The molecule has 0 saturated carbocycles. The first-order valence-electron chi connectivity index (χ1n) is 4.69. The van der Waals surface area contributed by atoms with Crippen molar-refractivity contribution in [2.45, 2.75) is 0 Å². The third-order valence-corrected chi connectivity index (χ3v) is 3.50. The van der Waals surface area contributed by atoms with Crippen LogP contribution in [0.2, 0.25) is 0 Å². The minimum Gasteiger partial charge on any atom is -0.478 e. The number of carboxylic acid groups (broad SMARTS) is 2. The molecule has 0 atom stereocenters. The smallest absolute Gasteiger partial charge is 0.337 e. The summed E-state index contributed by atoms with van der Waals surface area (Å²) >= 11 is 0. The van der Waals surface area contributed by atoms with E-state index in [0.29, 0.717) is 0 Å². The predicted molar refractivity (Wildman–Crippen MR) is 63.6 cm³/mol. The first-order chi connectivity index (χ1) is 8.14. The van der Waals surface area contributed by atoms with E-state index in [4.69, 9.17) is 10.2 Å². The van der Waals surface area contributed by atoms with E-state index in [1.165, 1.54) is 0 Å². The fourth-order valence-electron chi connectivity index (χ4n) is 1.28. The van der Waals surface area contributed by atoms with Crippen LogP contribution in [-0.2, 0) is 10.0 Å². The lowest BCUT2D eigenvalue weighted by Crippen LogP contribution is -2.27. The molecule has 1 rings (SSSR count). The molecule has 0 saturated heterocycles. The summed E-state index contributed by atoms with van der Waals surface area (Å²) < 4.78 is 23.5. The molecular weight excluding hydrogens is 262 g/mol. The van der Waals surface area contributed by atoms with E-state index in [1.54, 1.807) is 0 Å². The Kier molecular flexibility index (Phi) is 3.61. The monoisotopic (exact) mass is 273 g/mol. The molecule has 0 aromatic heterocycles. The molecular formula is C10H11NO6S. The van der Waals surface area contributed by atoms with Crippen LogP contribution < -0.4 is 4.31 Å². The average Bonchev–Trinajstić information content (AvgIpc) is 2.25. The number of rotatable bonds is 4. The maximum atomic E-state index is 11.4. The summed E-state index contributed by atoms with van der Waals surface area (Å²) in [5.41, 5.74) is -0.664. The Morgan fingerprint density at radius 3 is 2.11 bits per heavy atom. The zero-order valence-electron chi connectivity index (χ0n) is 9.61.